The fourth-order valence-corrected chi connectivity index (χ4v) is 3.17. The number of hydrogen-bond donors (Lipinski definition) is 2. The summed E-state index contributed by atoms with van der Waals surface area (Å²) in [4.78, 5) is 25.0. The Kier molecular flexibility index (Phi) is 3.83. The molecule has 6 heteroatoms. The topological polar surface area (TPSA) is 83.8 Å². The second-order valence-corrected chi connectivity index (χ2v) is 5.90. The van der Waals surface area contributed by atoms with Crippen LogP contribution >= 0.6 is 11.8 Å². The number of aliphatic hydroxyl groups excluding tert-OH is 1. The van der Waals surface area contributed by atoms with E-state index in [-0.39, 0.29) is 27.5 Å². The molecule has 116 valence electrons. The van der Waals surface area contributed by atoms with E-state index in [2.05, 4.69) is 0 Å². The minimum Gasteiger partial charge on any atom is -0.507 e. The Labute approximate surface area is 136 Å². The summed E-state index contributed by atoms with van der Waals surface area (Å²) < 4.78 is 5.06. The molecule has 1 aliphatic rings. The van der Waals surface area contributed by atoms with Crippen LogP contribution in [0.2, 0.25) is 0 Å². The lowest BCUT2D eigenvalue weighted by molar-refractivity contribution is -0.111. The van der Waals surface area contributed by atoms with Crippen molar-refractivity contribution in [2.24, 2.45) is 0 Å². The lowest BCUT2D eigenvalue weighted by Gasteiger charge is -2.18. The van der Waals surface area contributed by atoms with Crippen LogP contribution in [0.25, 0.3) is 5.76 Å². The number of rotatable bonds is 3. The zero-order chi connectivity index (χ0) is 16.6. The van der Waals surface area contributed by atoms with Gasteiger partial charge in [-0.25, -0.2) is 0 Å². The Morgan fingerprint density at radius 2 is 1.65 bits per heavy atom. The molecular formula is C17H12O5S. The van der Waals surface area contributed by atoms with Gasteiger partial charge in [0.15, 0.2) is 0 Å². The maximum absolute atomic E-state index is 12.2. The van der Waals surface area contributed by atoms with Crippen molar-refractivity contribution in [2.75, 3.05) is 7.11 Å². The molecule has 0 atom stereocenters. The number of benzene rings is 2. The monoisotopic (exact) mass is 328 g/mol. The molecule has 2 N–H and O–H groups in total. The molecule has 0 spiro atoms. The third-order valence-electron chi connectivity index (χ3n) is 3.43. The molecule has 0 aromatic heterocycles. The normalized spacial score (nSPS) is 14.0. The zero-order valence-electron chi connectivity index (χ0n) is 12.1. The molecule has 0 aliphatic heterocycles. The first-order chi connectivity index (χ1) is 11.0. The van der Waals surface area contributed by atoms with Crippen molar-refractivity contribution in [1.29, 1.82) is 0 Å². The Morgan fingerprint density at radius 1 is 0.957 bits per heavy atom. The van der Waals surface area contributed by atoms with E-state index >= 15 is 0 Å². The van der Waals surface area contributed by atoms with Crippen molar-refractivity contribution in [3.63, 3.8) is 0 Å². The Morgan fingerprint density at radius 3 is 2.30 bits per heavy atom. The van der Waals surface area contributed by atoms with Crippen molar-refractivity contribution in [3.8, 4) is 11.5 Å². The van der Waals surface area contributed by atoms with Gasteiger partial charge in [-0.1, -0.05) is 17.8 Å². The van der Waals surface area contributed by atoms with Gasteiger partial charge in [-0.05, 0) is 36.4 Å². The third kappa shape index (κ3) is 2.57. The predicted octanol–water partition coefficient (Wildman–Crippen LogP) is 3.19. The number of hydrogen-bond acceptors (Lipinski definition) is 6. The van der Waals surface area contributed by atoms with Crippen molar-refractivity contribution in [1.82, 2.24) is 0 Å². The van der Waals surface area contributed by atoms with Crippen LogP contribution in [0, 0.1) is 0 Å². The third-order valence-corrected chi connectivity index (χ3v) is 4.52. The van der Waals surface area contributed by atoms with E-state index in [1.165, 1.54) is 18.2 Å². The average molecular weight is 328 g/mol. The first-order valence-electron chi connectivity index (χ1n) is 6.69. The van der Waals surface area contributed by atoms with Crippen LogP contribution in [0.5, 0.6) is 11.5 Å². The molecule has 5 nitrogen and oxygen atoms in total. The standard InChI is InChI=1S/C17H12O5S/c1-22-9-5-7-10(8-6-9)23-17-15(20)13-11(14(19)16(17)21)3-2-4-12(13)18/h2-8,18,20H,1H3. The van der Waals surface area contributed by atoms with Gasteiger partial charge < -0.3 is 14.9 Å². The van der Waals surface area contributed by atoms with Crippen LogP contribution in [0.3, 0.4) is 0 Å². The molecule has 0 radical (unpaired) electrons. The smallest absolute Gasteiger partial charge is 0.243 e. The Hall–Kier alpha value is -2.73. The van der Waals surface area contributed by atoms with Gasteiger partial charge in [0.1, 0.15) is 22.2 Å². The highest BCUT2D eigenvalue weighted by Crippen LogP contribution is 2.40. The number of aromatic hydroxyl groups is 1. The fraction of sp³-hybridized carbons (Fsp3) is 0.0588. The number of ether oxygens (including phenoxy) is 1. The van der Waals surface area contributed by atoms with Gasteiger partial charge in [-0.15, -0.1) is 0 Å². The van der Waals surface area contributed by atoms with Gasteiger partial charge in [0, 0.05) is 10.5 Å². The maximum atomic E-state index is 12.2. The molecule has 0 fully saturated rings. The van der Waals surface area contributed by atoms with E-state index in [4.69, 9.17) is 4.74 Å². The summed E-state index contributed by atoms with van der Waals surface area (Å²) in [5, 5.41) is 20.3. The molecule has 2 aromatic rings. The highest BCUT2D eigenvalue weighted by atomic mass is 32.2. The van der Waals surface area contributed by atoms with Crippen molar-refractivity contribution < 1.29 is 24.5 Å². The molecular weight excluding hydrogens is 316 g/mol. The number of phenolic OH excluding ortho intramolecular Hbond substituents is 1. The molecule has 0 saturated carbocycles. The number of thioether (sulfide) groups is 1. The van der Waals surface area contributed by atoms with Gasteiger partial charge in [0.05, 0.1) is 12.7 Å². The quantitative estimate of drug-likeness (QED) is 0.842. The molecule has 0 saturated heterocycles. The molecule has 2 aromatic carbocycles. The summed E-state index contributed by atoms with van der Waals surface area (Å²) in [5.74, 6) is -1.51. The number of allylic oxidation sites excluding steroid dienone is 1. The number of phenols is 1. The average Bonchev–Trinajstić information content (AvgIpc) is 2.57. The summed E-state index contributed by atoms with van der Waals surface area (Å²) in [6, 6.07) is 11.0. The number of methoxy groups -OCH3 is 1. The van der Waals surface area contributed by atoms with Gasteiger partial charge in [-0.2, -0.15) is 0 Å². The van der Waals surface area contributed by atoms with E-state index in [1.807, 2.05) is 0 Å². The number of ketones is 2. The maximum Gasteiger partial charge on any atom is 0.243 e. The van der Waals surface area contributed by atoms with Crippen LogP contribution in [0.15, 0.2) is 52.3 Å². The van der Waals surface area contributed by atoms with Crippen LogP contribution in [-0.4, -0.2) is 28.9 Å². The summed E-state index contributed by atoms with van der Waals surface area (Å²) in [5.41, 5.74) is -0.000285. The molecule has 0 unspecified atom stereocenters. The zero-order valence-corrected chi connectivity index (χ0v) is 12.9. The summed E-state index contributed by atoms with van der Waals surface area (Å²) in [7, 11) is 1.54. The molecule has 3 rings (SSSR count). The number of Topliss-reactive ketones (excluding diaryl/α,β-unsaturated/α-hetero) is 2. The van der Waals surface area contributed by atoms with Gasteiger partial charge in [0.25, 0.3) is 0 Å². The van der Waals surface area contributed by atoms with E-state index in [9.17, 15) is 19.8 Å². The Bertz CT molecular complexity index is 837. The van der Waals surface area contributed by atoms with Gasteiger partial charge in [0.2, 0.25) is 11.6 Å². The van der Waals surface area contributed by atoms with Gasteiger partial charge in [-0.3, -0.25) is 9.59 Å². The SMILES string of the molecule is COc1ccc(SC2=C(O)c3c(O)cccc3C(=O)C2=O)cc1. The van der Waals surface area contributed by atoms with Crippen molar-refractivity contribution in [3.05, 3.63) is 58.5 Å². The second-order valence-electron chi connectivity index (χ2n) is 4.81. The first-order valence-corrected chi connectivity index (χ1v) is 7.51. The van der Waals surface area contributed by atoms with E-state index < -0.39 is 11.6 Å². The van der Waals surface area contributed by atoms with Crippen LogP contribution in [-0.2, 0) is 4.79 Å². The van der Waals surface area contributed by atoms with E-state index in [0.717, 1.165) is 11.8 Å². The number of carbonyl (C=O) groups is 2. The van der Waals surface area contributed by atoms with Gasteiger partial charge >= 0.3 is 0 Å². The largest absolute Gasteiger partial charge is 0.507 e. The number of carbonyl (C=O) groups excluding carboxylic acids is 2. The summed E-state index contributed by atoms with van der Waals surface area (Å²) in [6.07, 6.45) is 0. The highest BCUT2D eigenvalue weighted by molar-refractivity contribution is 8.04. The molecule has 23 heavy (non-hydrogen) atoms. The van der Waals surface area contributed by atoms with E-state index in [1.54, 1.807) is 31.4 Å². The molecule has 0 heterocycles. The lowest BCUT2D eigenvalue weighted by atomic mass is 9.93. The predicted molar refractivity (Wildman–Crippen MR) is 85.8 cm³/mol. The number of aliphatic hydroxyl groups is 1. The van der Waals surface area contributed by atoms with Crippen LogP contribution in [0.4, 0.5) is 0 Å². The molecule has 0 amide bonds. The van der Waals surface area contributed by atoms with Crippen molar-refractivity contribution >= 4 is 29.1 Å². The fourth-order valence-electron chi connectivity index (χ4n) is 2.28. The molecule has 1 aliphatic carbocycles. The van der Waals surface area contributed by atoms with Crippen LogP contribution < -0.4 is 4.74 Å². The highest BCUT2D eigenvalue weighted by Gasteiger charge is 2.35. The van der Waals surface area contributed by atoms with Crippen LogP contribution in [0.1, 0.15) is 15.9 Å². The summed E-state index contributed by atoms with van der Waals surface area (Å²) in [6.45, 7) is 0. The van der Waals surface area contributed by atoms with E-state index in [0.29, 0.717) is 10.6 Å². The minimum absolute atomic E-state index is 0.00609. The summed E-state index contributed by atoms with van der Waals surface area (Å²) >= 11 is 0.969. The molecule has 0 bridgehead atoms. The lowest BCUT2D eigenvalue weighted by Crippen LogP contribution is -2.22. The first kappa shape index (κ1) is 15.2. The minimum atomic E-state index is -0.790. The second kappa shape index (κ2) is 5.81. The van der Waals surface area contributed by atoms with Crippen molar-refractivity contribution in [2.45, 2.75) is 4.90 Å². The Balaban J connectivity index is 2.06. The number of fused-ring (bicyclic) bond motifs is 1.